The lowest BCUT2D eigenvalue weighted by Crippen LogP contribution is -2.02. The molecule has 0 aliphatic heterocycles. The van der Waals surface area contributed by atoms with Crippen LogP contribution in [0, 0.1) is 13.8 Å². The Morgan fingerprint density at radius 2 is 1.91 bits per heavy atom. The summed E-state index contributed by atoms with van der Waals surface area (Å²) in [6.45, 7) is 3.90. The predicted molar refractivity (Wildman–Crippen MR) is 85.5 cm³/mol. The first kappa shape index (κ1) is 13.2. The molecule has 0 spiro atoms. The van der Waals surface area contributed by atoms with Crippen molar-refractivity contribution in [2.45, 2.75) is 33.1 Å². The van der Waals surface area contributed by atoms with Crippen LogP contribution < -0.4 is 0 Å². The number of carbonyl (C=O) groups is 1. The van der Waals surface area contributed by atoms with E-state index in [-0.39, 0.29) is 0 Å². The van der Waals surface area contributed by atoms with Crippen molar-refractivity contribution < 1.29 is 9.90 Å². The number of pyridine rings is 2. The van der Waals surface area contributed by atoms with Gasteiger partial charge in [0.05, 0.1) is 16.6 Å². The monoisotopic (exact) mass is 292 g/mol. The molecule has 4 nitrogen and oxygen atoms in total. The predicted octanol–water partition coefficient (Wildman–Crippen LogP) is 3.59. The van der Waals surface area contributed by atoms with Crippen LogP contribution in [0.4, 0.5) is 0 Å². The fourth-order valence-corrected chi connectivity index (χ4v) is 3.29. The van der Waals surface area contributed by atoms with E-state index in [1.54, 1.807) is 6.07 Å². The van der Waals surface area contributed by atoms with Gasteiger partial charge in [-0.05, 0) is 62.4 Å². The van der Waals surface area contributed by atoms with Gasteiger partial charge in [0.1, 0.15) is 0 Å². The molecule has 0 saturated carbocycles. The highest BCUT2D eigenvalue weighted by atomic mass is 16.4. The minimum Gasteiger partial charge on any atom is -0.478 e. The maximum absolute atomic E-state index is 11.6. The van der Waals surface area contributed by atoms with Gasteiger partial charge in [-0.25, -0.2) is 4.79 Å². The fourth-order valence-electron chi connectivity index (χ4n) is 3.29. The second kappa shape index (κ2) is 4.50. The smallest absolute Gasteiger partial charge is 0.336 e. The Labute approximate surface area is 127 Å². The molecule has 1 aliphatic rings. The molecule has 110 valence electrons. The summed E-state index contributed by atoms with van der Waals surface area (Å²) in [4.78, 5) is 21.1. The van der Waals surface area contributed by atoms with Crippen molar-refractivity contribution in [2.75, 3.05) is 0 Å². The zero-order chi connectivity index (χ0) is 15.4. The van der Waals surface area contributed by atoms with Crippen molar-refractivity contribution in [3.05, 3.63) is 46.3 Å². The third kappa shape index (κ3) is 1.80. The molecule has 22 heavy (non-hydrogen) atoms. The average molecular weight is 292 g/mol. The standard InChI is InChI=1S/C18H16N2O2/c1-9-6-13-14(18(21)22)8-12-7-11-4-3-5-15(11)20-16(12)17(13)19-10(9)2/h6-8H,3-5H2,1-2H3,(H,21,22). The van der Waals surface area contributed by atoms with Crippen molar-refractivity contribution in [1.82, 2.24) is 9.97 Å². The Morgan fingerprint density at radius 1 is 1.09 bits per heavy atom. The third-order valence-corrected chi connectivity index (χ3v) is 4.59. The van der Waals surface area contributed by atoms with Gasteiger partial charge in [-0.15, -0.1) is 0 Å². The molecule has 4 rings (SSSR count). The van der Waals surface area contributed by atoms with Crippen molar-refractivity contribution in [3.8, 4) is 0 Å². The van der Waals surface area contributed by atoms with E-state index in [0.717, 1.165) is 47.1 Å². The van der Waals surface area contributed by atoms with Crippen LogP contribution in [0.25, 0.3) is 21.8 Å². The molecule has 0 atom stereocenters. The van der Waals surface area contributed by atoms with E-state index in [0.29, 0.717) is 16.5 Å². The van der Waals surface area contributed by atoms with Crippen LogP contribution in [0.15, 0.2) is 18.2 Å². The van der Waals surface area contributed by atoms with Gasteiger partial charge < -0.3 is 5.11 Å². The van der Waals surface area contributed by atoms with Gasteiger partial charge in [0, 0.05) is 22.2 Å². The summed E-state index contributed by atoms with van der Waals surface area (Å²) in [7, 11) is 0. The Kier molecular flexibility index (Phi) is 2.70. The second-order valence-electron chi connectivity index (χ2n) is 6.04. The van der Waals surface area contributed by atoms with Crippen LogP contribution in [0.2, 0.25) is 0 Å². The highest BCUT2D eigenvalue weighted by molar-refractivity contribution is 6.13. The second-order valence-corrected chi connectivity index (χ2v) is 6.04. The summed E-state index contributed by atoms with van der Waals surface area (Å²) in [5.74, 6) is -0.919. The number of nitrogens with zero attached hydrogens (tertiary/aromatic N) is 2. The lowest BCUT2D eigenvalue weighted by atomic mass is 10.0. The van der Waals surface area contributed by atoms with E-state index < -0.39 is 5.97 Å². The number of aryl methyl sites for hydroxylation is 4. The number of carboxylic acid groups (broad SMARTS) is 1. The number of aromatic carboxylic acids is 1. The van der Waals surface area contributed by atoms with Crippen LogP contribution in [0.3, 0.4) is 0 Å². The van der Waals surface area contributed by atoms with Gasteiger partial charge in [-0.2, -0.15) is 0 Å². The summed E-state index contributed by atoms with van der Waals surface area (Å²) < 4.78 is 0. The number of carboxylic acids is 1. The Bertz CT molecular complexity index is 961. The minimum absolute atomic E-state index is 0.304. The molecule has 0 radical (unpaired) electrons. The first-order valence-electron chi connectivity index (χ1n) is 7.51. The van der Waals surface area contributed by atoms with E-state index in [1.165, 1.54) is 5.56 Å². The van der Waals surface area contributed by atoms with Gasteiger partial charge in [0.15, 0.2) is 0 Å². The quantitative estimate of drug-likeness (QED) is 0.696. The number of rotatable bonds is 1. The number of fused-ring (bicyclic) bond motifs is 4. The molecule has 1 aromatic carbocycles. The highest BCUT2D eigenvalue weighted by Crippen LogP contribution is 2.31. The average Bonchev–Trinajstić information content (AvgIpc) is 2.93. The topological polar surface area (TPSA) is 63.1 Å². The lowest BCUT2D eigenvalue weighted by molar-refractivity contribution is 0.0699. The Hall–Kier alpha value is -2.49. The van der Waals surface area contributed by atoms with Crippen LogP contribution >= 0.6 is 0 Å². The largest absolute Gasteiger partial charge is 0.478 e. The minimum atomic E-state index is -0.919. The molecular weight excluding hydrogens is 276 g/mol. The number of hydrogen-bond donors (Lipinski definition) is 1. The molecule has 0 unspecified atom stereocenters. The normalized spacial score (nSPS) is 13.7. The van der Waals surface area contributed by atoms with E-state index in [9.17, 15) is 9.90 Å². The molecule has 1 aliphatic carbocycles. The molecule has 0 fully saturated rings. The number of hydrogen-bond acceptors (Lipinski definition) is 3. The zero-order valence-corrected chi connectivity index (χ0v) is 12.6. The van der Waals surface area contributed by atoms with Crippen LogP contribution in [-0.2, 0) is 12.8 Å². The van der Waals surface area contributed by atoms with E-state index in [2.05, 4.69) is 11.1 Å². The summed E-state index contributed by atoms with van der Waals surface area (Å²) >= 11 is 0. The third-order valence-electron chi connectivity index (χ3n) is 4.59. The Balaban J connectivity index is 2.21. The molecule has 0 bridgehead atoms. The van der Waals surface area contributed by atoms with Crippen molar-refractivity contribution in [1.29, 1.82) is 0 Å². The first-order valence-corrected chi connectivity index (χ1v) is 7.51. The van der Waals surface area contributed by atoms with Gasteiger partial charge >= 0.3 is 5.97 Å². The van der Waals surface area contributed by atoms with E-state index in [4.69, 9.17) is 4.98 Å². The SMILES string of the molecule is Cc1cc2c(C(=O)O)cc3cc4c(nc3c2nc1C)CCC4. The van der Waals surface area contributed by atoms with Crippen LogP contribution in [0.5, 0.6) is 0 Å². The summed E-state index contributed by atoms with van der Waals surface area (Å²) in [6, 6.07) is 5.74. The van der Waals surface area contributed by atoms with Gasteiger partial charge in [-0.3, -0.25) is 9.97 Å². The molecule has 3 aromatic rings. The molecule has 4 heteroatoms. The fraction of sp³-hybridized carbons (Fsp3) is 0.278. The summed E-state index contributed by atoms with van der Waals surface area (Å²) in [6.07, 6.45) is 3.14. The van der Waals surface area contributed by atoms with Gasteiger partial charge in [0.2, 0.25) is 0 Å². The van der Waals surface area contributed by atoms with Crippen LogP contribution in [-0.4, -0.2) is 21.0 Å². The highest BCUT2D eigenvalue weighted by Gasteiger charge is 2.19. The molecule has 1 N–H and O–H groups in total. The van der Waals surface area contributed by atoms with Crippen molar-refractivity contribution >= 4 is 27.8 Å². The lowest BCUT2D eigenvalue weighted by Gasteiger charge is -2.11. The molecule has 0 amide bonds. The molecule has 2 aromatic heterocycles. The molecule has 2 heterocycles. The molecule has 0 saturated heterocycles. The number of aromatic nitrogens is 2. The summed E-state index contributed by atoms with van der Waals surface area (Å²) in [5, 5.41) is 11.1. The van der Waals surface area contributed by atoms with Gasteiger partial charge in [0.25, 0.3) is 0 Å². The van der Waals surface area contributed by atoms with E-state index >= 15 is 0 Å². The van der Waals surface area contributed by atoms with Crippen LogP contribution in [0.1, 0.15) is 39.3 Å². The van der Waals surface area contributed by atoms with E-state index in [1.807, 2.05) is 19.9 Å². The Morgan fingerprint density at radius 3 is 2.68 bits per heavy atom. The van der Waals surface area contributed by atoms with Crippen molar-refractivity contribution in [3.63, 3.8) is 0 Å². The maximum Gasteiger partial charge on any atom is 0.336 e. The zero-order valence-electron chi connectivity index (χ0n) is 12.6. The summed E-state index contributed by atoms with van der Waals surface area (Å²) in [5.41, 5.74) is 6.12. The maximum atomic E-state index is 11.6. The number of benzene rings is 1. The van der Waals surface area contributed by atoms with Gasteiger partial charge in [-0.1, -0.05) is 0 Å². The molecular formula is C18H16N2O2. The first-order chi connectivity index (χ1) is 10.5. The van der Waals surface area contributed by atoms with Crippen molar-refractivity contribution in [2.24, 2.45) is 0 Å².